The normalized spacial score (nSPS) is 18.0. The van der Waals surface area contributed by atoms with Gasteiger partial charge in [-0.2, -0.15) is 0 Å². The molecular formula is C17H22N2O4. The van der Waals surface area contributed by atoms with E-state index in [0.29, 0.717) is 6.42 Å². The monoisotopic (exact) mass is 318 g/mol. The molecule has 2 amide bonds. The van der Waals surface area contributed by atoms with E-state index < -0.39 is 17.6 Å². The summed E-state index contributed by atoms with van der Waals surface area (Å²) in [5.74, 6) is -0.460. The van der Waals surface area contributed by atoms with E-state index in [-0.39, 0.29) is 32.0 Å². The van der Waals surface area contributed by atoms with Gasteiger partial charge >= 0.3 is 6.09 Å². The summed E-state index contributed by atoms with van der Waals surface area (Å²) in [6.45, 7) is 4.01. The van der Waals surface area contributed by atoms with Crippen molar-refractivity contribution in [2.45, 2.75) is 30.9 Å². The second-order valence-electron chi connectivity index (χ2n) is 5.76. The Morgan fingerprint density at radius 1 is 1.30 bits per heavy atom. The second kappa shape index (κ2) is 7.28. The van der Waals surface area contributed by atoms with Gasteiger partial charge in [0.05, 0.1) is 6.04 Å². The number of rotatable bonds is 5. The average molecular weight is 318 g/mol. The fraction of sp³-hybridized carbons (Fsp3) is 0.412. The van der Waals surface area contributed by atoms with Crippen LogP contribution in [0.5, 0.6) is 0 Å². The molecule has 1 aromatic rings. The molecule has 1 heterocycles. The van der Waals surface area contributed by atoms with E-state index in [1.807, 2.05) is 30.3 Å². The SMILES string of the molecule is C=CC[C@H](NC(=O)C1(O)CCN(C(=O)O)CC1)c1ccccc1. The van der Waals surface area contributed by atoms with Crippen LogP contribution in [0.3, 0.4) is 0 Å². The minimum absolute atomic E-state index is 0.0979. The summed E-state index contributed by atoms with van der Waals surface area (Å²) in [7, 11) is 0. The molecule has 0 spiro atoms. The van der Waals surface area contributed by atoms with E-state index in [0.717, 1.165) is 5.56 Å². The number of likely N-dealkylation sites (tertiary alicyclic amines) is 1. The van der Waals surface area contributed by atoms with Gasteiger partial charge in [-0.15, -0.1) is 6.58 Å². The van der Waals surface area contributed by atoms with Crippen LogP contribution in [0, 0.1) is 0 Å². The lowest BCUT2D eigenvalue weighted by Crippen LogP contribution is -2.55. The van der Waals surface area contributed by atoms with Crippen molar-refractivity contribution in [2.75, 3.05) is 13.1 Å². The van der Waals surface area contributed by atoms with Gasteiger partial charge < -0.3 is 20.4 Å². The van der Waals surface area contributed by atoms with Crippen molar-refractivity contribution in [2.24, 2.45) is 0 Å². The van der Waals surface area contributed by atoms with Crippen molar-refractivity contribution < 1.29 is 19.8 Å². The molecule has 23 heavy (non-hydrogen) atoms. The molecule has 6 nitrogen and oxygen atoms in total. The van der Waals surface area contributed by atoms with Crippen LogP contribution in [-0.2, 0) is 4.79 Å². The first kappa shape index (κ1) is 17.0. The van der Waals surface area contributed by atoms with Crippen molar-refractivity contribution in [3.05, 3.63) is 48.6 Å². The summed E-state index contributed by atoms with van der Waals surface area (Å²) < 4.78 is 0. The minimum atomic E-state index is -1.53. The van der Waals surface area contributed by atoms with Crippen molar-refractivity contribution in [1.29, 1.82) is 0 Å². The van der Waals surface area contributed by atoms with Crippen LogP contribution >= 0.6 is 0 Å². The van der Waals surface area contributed by atoms with Crippen molar-refractivity contribution in [3.63, 3.8) is 0 Å². The number of carboxylic acid groups (broad SMARTS) is 1. The first-order valence-corrected chi connectivity index (χ1v) is 7.63. The Balaban J connectivity index is 2.04. The fourth-order valence-electron chi connectivity index (χ4n) is 2.72. The maximum atomic E-state index is 12.5. The van der Waals surface area contributed by atoms with Gasteiger partial charge in [0.1, 0.15) is 5.60 Å². The molecule has 1 aromatic carbocycles. The van der Waals surface area contributed by atoms with Crippen molar-refractivity contribution in [1.82, 2.24) is 10.2 Å². The fourth-order valence-corrected chi connectivity index (χ4v) is 2.72. The quantitative estimate of drug-likeness (QED) is 0.724. The van der Waals surface area contributed by atoms with Crippen molar-refractivity contribution in [3.8, 4) is 0 Å². The third-order valence-corrected chi connectivity index (χ3v) is 4.19. The minimum Gasteiger partial charge on any atom is -0.465 e. The molecule has 0 aromatic heterocycles. The lowest BCUT2D eigenvalue weighted by atomic mass is 9.89. The predicted molar refractivity (Wildman–Crippen MR) is 85.9 cm³/mol. The maximum absolute atomic E-state index is 12.5. The highest BCUT2D eigenvalue weighted by Gasteiger charge is 2.41. The summed E-state index contributed by atoms with van der Waals surface area (Å²) in [6.07, 6.45) is 1.44. The van der Waals surface area contributed by atoms with Gasteiger partial charge in [0.15, 0.2) is 0 Å². The molecule has 0 unspecified atom stereocenters. The summed E-state index contributed by atoms with van der Waals surface area (Å²) in [5.41, 5.74) is -0.590. The number of carbonyl (C=O) groups is 2. The molecule has 2 rings (SSSR count). The largest absolute Gasteiger partial charge is 0.465 e. The number of benzene rings is 1. The predicted octanol–water partition coefficient (Wildman–Crippen LogP) is 1.92. The Morgan fingerprint density at radius 2 is 1.91 bits per heavy atom. The van der Waals surface area contributed by atoms with Crippen LogP contribution in [-0.4, -0.2) is 45.8 Å². The molecule has 1 atom stereocenters. The van der Waals surface area contributed by atoms with E-state index in [2.05, 4.69) is 11.9 Å². The molecule has 1 fully saturated rings. The molecule has 1 saturated heterocycles. The third-order valence-electron chi connectivity index (χ3n) is 4.19. The number of nitrogens with one attached hydrogen (secondary N) is 1. The van der Waals surface area contributed by atoms with Gasteiger partial charge in [0.25, 0.3) is 5.91 Å². The highest BCUT2D eigenvalue weighted by atomic mass is 16.4. The average Bonchev–Trinajstić information content (AvgIpc) is 2.55. The molecule has 0 bridgehead atoms. The summed E-state index contributed by atoms with van der Waals surface area (Å²) >= 11 is 0. The van der Waals surface area contributed by atoms with Crippen LogP contribution in [0.4, 0.5) is 4.79 Å². The number of piperidine rings is 1. The van der Waals surface area contributed by atoms with E-state index in [9.17, 15) is 14.7 Å². The van der Waals surface area contributed by atoms with Crippen LogP contribution in [0.2, 0.25) is 0 Å². The van der Waals surface area contributed by atoms with E-state index >= 15 is 0 Å². The third kappa shape index (κ3) is 4.10. The lowest BCUT2D eigenvalue weighted by Gasteiger charge is -2.36. The van der Waals surface area contributed by atoms with Crippen LogP contribution in [0.1, 0.15) is 30.9 Å². The van der Waals surface area contributed by atoms with E-state index in [4.69, 9.17) is 5.11 Å². The highest BCUT2D eigenvalue weighted by Crippen LogP contribution is 2.25. The second-order valence-corrected chi connectivity index (χ2v) is 5.76. The summed E-state index contributed by atoms with van der Waals surface area (Å²) in [5, 5.41) is 22.4. The molecule has 6 heteroatoms. The molecule has 1 aliphatic rings. The molecule has 0 saturated carbocycles. The van der Waals surface area contributed by atoms with E-state index in [1.54, 1.807) is 6.08 Å². The molecule has 1 aliphatic heterocycles. The highest BCUT2D eigenvalue weighted by molar-refractivity contribution is 5.85. The number of amides is 2. The number of aliphatic hydroxyl groups is 1. The topological polar surface area (TPSA) is 89.9 Å². The number of hydrogen-bond donors (Lipinski definition) is 3. The van der Waals surface area contributed by atoms with Gasteiger partial charge in [-0.1, -0.05) is 36.4 Å². The zero-order valence-electron chi connectivity index (χ0n) is 12.9. The van der Waals surface area contributed by atoms with Gasteiger partial charge in [0, 0.05) is 25.9 Å². The Labute approximate surface area is 135 Å². The van der Waals surface area contributed by atoms with Gasteiger partial charge in [-0.3, -0.25) is 4.79 Å². The smallest absolute Gasteiger partial charge is 0.407 e. The Kier molecular flexibility index (Phi) is 5.39. The van der Waals surface area contributed by atoms with Crippen LogP contribution in [0.15, 0.2) is 43.0 Å². The van der Waals surface area contributed by atoms with Gasteiger partial charge in [0.2, 0.25) is 0 Å². The zero-order chi connectivity index (χ0) is 16.9. The van der Waals surface area contributed by atoms with Crippen molar-refractivity contribution >= 4 is 12.0 Å². The molecule has 0 aliphatic carbocycles. The molecule has 3 N–H and O–H groups in total. The Bertz CT molecular complexity index is 565. The zero-order valence-corrected chi connectivity index (χ0v) is 12.9. The van der Waals surface area contributed by atoms with Gasteiger partial charge in [-0.05, 0) is 12.0 Å². The number of nitrogens with zero attached hydrogens (tertiary/aromatic N) is 1. The molecule has 124 valence electrons. The first-order valence-electron chi connectivity index (χ1n) is 7.63. The lowest BCUT2D eigenvalue weighted by molar-refractivity contribution is -0.145. The summed E-state index contributed by atoms with van der Waals surface area (Å²) in [4.78, 5) is 24.6. The Hall–Kier alpha value is -2.34. The van der Waals surface area contributed by atoms with E-state index in [1.165, 1.54) is 4.90 Å². The molecular weight excluding hydrogens is 296 g/mol. The standard InChI is InChI=1S/C17H22N2O4/c1-2-6-14(13-7-4-3-5-8-13)18-15(20)17(23)9-11-19(12-10-17)16(21)22/h2-5,7-8,14,23H,1,6,9-12H2,(H,18,20)(H,21,22)/t14-/m0/s1. The number of carbonyl (C=O) groups excluding carboxylic acids is 1. The number of hydrogen-bond acceptors (Lipinski definition) is 3. The van der Waals surface area contributed by atoms with Crippen LogP contribution < -0.4 is 5.32 Å². The first-order chi connectivity index (χ1) is 11.0. The maximum Gasteiger partial charge on any atom is 0.407 e. The molecule has 0 radical (unpaired) electrons. The van der Waals surface area contributed by atoms with Crippen LogP contribution in [0.25, 0.3) is 0 Å². The summed E-state index contributed by atoms with van der Waals surface area (Å²) in [6, 6.07) is 9.22. The van der Waals surface area contributed by atoms with Gasteiger partial charge in [-0.25, -0.2) is 4.79 Å². The Morgan fingerprint density at radius 3 is 2.43 bits per heavy atom.